The lowest BCUT2D eigenvalue weighted by Gasteiger charge is -2.26. The van der Waals surface area contributed by atoms with Gasteiger partial charge in [0.05, 0.1) is 12.7 Å². The molecule has 0 aliphatic carbocycles. The molecule has 0 saturated heterocycles. The highest BCUT2D eigenvalue weighted by molar-refractivity contribution is 5.97. The number of hydrogen-bond acceptors (Lipinski definition) is 3. The molecule has 0 bridgehead atoms. The molecule has 1 rings (SSSR count). The monoisotopic (exact) mass is 251 g/mol. The Morgan fingerprint density at radius 2 is 2.00 bits per heavy atom. The summed E-state index contributed by atoms with van der Waals surface area (Å²) in [4.78, 5) is 13.9. The molecule has 0 heterocycles. The molecule has 0 aliphatic rings. The zero-order valence-electron chi connectivity index (χ0n) is 11.4. The van der Waals surface area contributed by atoms with E-state index in [2.05, 4.69) is 0 Å². The first kappa shape index (κ1) is 14.4. The Balaban J connectivity index is 2.96. The minimum Gasteiger partial charge on any atom is -0.507 e. The number of nitrogens with zero attached hydrogens (tertiary/aromatic N) is 1. The van der Waals surface area contributed by atoms with Gasteiger partial charge < -0.3 is 14.7 Å². The average Bonchev–Trinajstić information content (AvgIpc) is 2.39. The first-order valence-corrected chi connectivity index (χ1v) is 6.19. The van der Waals surface area contributed by atoms with Crippen LogP contribution in [0.4, 0.5) is 0 Å². The first-order valence-electron chi connectivity index (χ1n) is 6.19. The number of benzene rings is 1. The largest absolute Gasteiger partial charge is 0.507 e. The summed E-state index contributed by atoms with van der Waals surface area (Å²) in [5, 5.41) is 9.84. The number of hydrogen-bond donors (Lipinski definition) is 1. The van der Waals surface area contributed by atoms with E-state index >= 15 is 0 Å². The van der Waals surface area contributed by atoms with Crippen LogP contribution in [0.15, 0.2) is 18.2 Å². The van der Waals surface area contributed by atoms with Crippen LogP contribution < -0.4 is 4.74 Å². The van der Waals surface area contributed by atoms with E-state index in [4.69, 9.17) is 4.74 Å². The average molecular weight is 251 g/mol. The van der Waals surface area contributed by atoms with Crippen molar-refractivity contribution in [3.05, 3.63) is 23.8 Å². The molecule has 0 radical (unpaired) electrons. The topological polar surface area (TPSA) is 49.8 Å². The summed E-state index contributed by atoms with van der Waals surface area (Å²) in [6.45, 7) is 4.09. The third kappa shape index (κ3) is 2.94. The van der Waals surface area contributed by atoms with Crippen LogP contribution >= 0.6 is 0 Å². The van der Waals surface area contributed by atoms with Crippen molar-refractivity contribution in [1.29, 1.82) is 0 Å². The Labute approximate surface area is 108 Å². The van der Waals surface area contributed by atoms with E-state index in [0.717, 1.165) is 12.8 Å². The first-order chi connectivity index (χ1) is 8.54. The van der Waals surface area contributed by atoms with Crippen molar-refractivity contribution >= 4 is 5.91 Å². The Bertz CT molecular complexity index is 414. The Morgan fingerprint density at radius 1 is 1.39 bits per heavy atom. The summed E-state index contributed by atoms with van der Waals surface area (Å²) >= 11 is 0. The van der Waals surface area contributed by atoms with Crippen molar-refractivity contribution in [2.45, 2.75) is 32.7 Å². The molecule has 0 saturated carbocycles. The molecular weight excluding hydrogens is 230 g/mol. The fraction of sp³-hybridized carbons (Fsp3) is 0.500. The molecule has 0 atom stereocenters. The standard InChI is InChI=1S/C14H21NO3/c1-5-10(6-2)15(3)14(17)12-8-7-11(18-4)9-13(12)16/h7-10,16H,5-6H2,1-4H3. The van der Waals surface area contributed by atoms with Gasteiger partial charge in [0.15, 0.2) is 0 Å². The van der Waals surface area contributed by atoms with Crippen molar-refractivity contribution in [1.82, 2.24) is 4.90 Å². The number of aromatic hydroxyl groups is 1. The highest BCUT2D eigenvalue weighted by atomic mass is 16.5. The third-order valence-electron chi connectivity index (χ3n) is 3.25. The molecule has 1 N–H and O–H groups in total. The lowest BCUT2D eigenvalue weighted by Crippen LogP contribution is -2.36. The predicted octanol–water partition coefficient (Wildman–Crippen LogP) is 2.66. The van der Waals surface area contributed by atoms with Gasteiger partial charge in [0.2, 0.25) is 0 Å². The van der Waals surface area contributed by atoms with Gasteiger partial charge in [0, 0.05) is 19.2 Å². The van der Waals surface area contributed by atoms with Crippen LogP contribution in [0, 0.1) is 0 Å². The Kier molecular flexibility index (Phi) is 5.01. The van der Waals surface area contributed by atoms with Crippen molar-refractivity contribution in [2.75, 3.05) is 14.2 Å². The third-order valence-corrected chi connectivity index (χ3v) is 3.25. The van der Waals surface area contributed by atoms with E-state index in [1.807, 2.05) is 13.8 Å². The molecule has 1 aromatic carbocycles. The number of phenols is 1. The van der Waals surface area contributed by atoms with Crippen LogP contribution in [-0.4, -0.2) is 36.1 Å². The maximum atomic E-state index is 12.2. The molecule has 1 amide bonds. The molecule has 4 heteroatoms. The predicted molar refractivity (Wildman–Crippen MR) is 71.1 cm³/mol. The van der Waals surface area contributed by atoms with E-state index in [9.17, 15) is 9.90 Å². The van der Waals surface area contributed by atoms with Crippen LogP contribution in [0.2, 0.25) is 0 Å². The molecular formula is C14H21NO3. The summed E-state index contributed by atoms with van der Waals surface area (Å²) in [5.74, 6) is 0.329. The van der Waals surface area contributed by atoms with Gasteiger partial charge in [-0.15, -0.1) is 0 Å². The van der Waals surface area contributed by atoms with E-state index in [0.29, 0.717) is 11.3 Å². The van der Waals surface area contributed by atoms with Crippen molar-refractivity contribution in [3.63, 3.8) is 0 Å². The number of carbonyl (C=O) groups is 1. The van der Waals surface area contributed by atoms with Crippen LogP contribution in [0.25, 0.3) is 0 Å². The zero-order valence-corrected chi connectivity index (χ0v) is 11.4. The summed E-state index contributed by atoms with van der Waals surface area (Å²) in [6, 6.07) is 4.91. The lowest BCUT2D eigenvalue weighted by atomic mass is 10.1. The number of ether oxygens (including phenoxy) is 1. The molecule has 0 unspecified atom stereocenters. The molecule has 18 heavy (non-hydrogen) atoms. The van der Waals surface area contributed by atoms with Gasteiger partial charge >= 0.3 is 0 Å². The van der Waals surface area contributed by atoms with Crippen molar-refractivity contribution in [3.8, 4) is 11.5 Å². The van der Waals surface area contributed by atoms with E-state index < -0.39 is 0 Å². The highest BCUT2D eigenvalue weighted by Gasteiger charge is 2.21. The quantitative estimate of drug-likeness (QED) is 0.875. The Hall–Kier alpha value is -1.71. The molecule has 0 aliphatic heterocycles. The van der Waals surface area contributed by atoms with Gasteiger partial charge in [-0.3, -0.25) is 4.79 Å². The fourth-order valence-corrected chi connectivity index (χ4v) is 2.01. The minimum absolute atomic E-state index is 0.0443. The van der Waals surface area contributed by atoms with E-state index in [1.165, 1.54) is 13.2 Å². The van der Waals surface area contributed by atoms with Crippen molar-refractivity contribution < 1.29 is 14.6 Å². The van der Waals surface area contributed by atoms with Gasteiger partial charge in [0.1, 0.15) is 11.5 Å². The van der Waals surface area contributed by atoms with Crippen LogP contribution in [0.5, 0.6) is 11.5 Å². The van der Waals surface area contributed by atoms with E-state index in [1.54, 1.807) is 24.1 Å². The fourth-order valence-electron chi connectivity index (χ4n) is 2.01. The second-order valence-corrected chi connectivity index (χ2v) is 4.27. The summed E-state index contributed by atoms with van der Waals surface area (Å²) < 4.78 is 5.00. The maximum absolute atomic E-state index is 12.2. The molecule has 0 aromatic heterocycles. The number of amides is 1. The SMILES string of the molecule is CCC(CC)N(C)C(=O)c1ccc(OC)cc1O. The molecule has 100 valence electrons. The van der Waals surface area contributed by atoms with E-state index in [-0.39, 0.29) is 17.7 Å². The number of rotatable bonds is 5. The van der Waals surface area contributed by atoms with Crippen LogP contribution in [0.1, 0.15) is 37.0 Å². The maximum Gasteiger partial charge on any atom is 0.257 e. The smallest absolute Gasteiger partial charge is 0.257 e. The van der Waals surface area contributed by atoms with Gasteiger partial charge in [-0.2, -0.15) is 0 Å². The molecule has 4 nitrogen and oxygen atoms in total. The molecule has 0 fully saturated rings. The molecule has 1 aromatic rings. The normalized spacial score (nSPS) is 10.5. The summed E-state index contributed by atoms with van der Waals surface area (Å²) in [7, 11) is 3.29. The Morgan fingerprint density at radius 3 is 2.44 bits per heavy atom. The van der Waals surface area contributed by atoms with Gasteiger partial charge in [0.25, 0.3) is 5.91 Å². The number of methoxy groups -OCH3 is 1. The number of carbonyl (C=O) groups excluding carboxylic acids is 1. The summed E-state index contributed by atoms with van der Waals surface area (Å²) in [6.07, 6.45) is 1.80. The minimum atomic E-state index is -0.163. The highest BCUT2D eigenvalue weighted by Crippen LogP contribution is 2.25. The molecule has 0 spiro atoms. The lowest BCUT2D eigenvalue weighted by molar-refractivity contribution is 0.0720. The second kappa shape index (κ2) is 6.28. The van der Waals surface area contributed by atoms with Gasteiger partial charge in [-0.25, -0.2) is 0 Å². The van der Waals surface area contributed by atoms with Crippen molar-refractivity contribution in [2.24, 2.45) is 0 Å². The van der Waals surface area contributed by atoms with Gasteiger partial charge in [-0.1, -0.05) is 13.8 Å². The van der Waals surface area contributed by atoms with Crippen LogP contribution in [0.3, 0.4) is 0 Å². The van der Waals surface area contributed by atoms with Crippen LogP contribution in [-0.2, 0) is 0 Å². The second-order valence-electron chi connectivity index (χ2n) is 4.27. The summed E-state index contributed by atoms with van der Waals surface area (Å²) in [5.41, 5.74) is 0.310. The number of phenolic OH excluding ortho intramolecular Hbond substituents is 1. The van der Waals surface area contributed by atoms with Gasteiger partial charge in [-0.05, 0) is 25.0 Å². The zero-order chi connectivity index (χ0) is 13.7.